The number of nitrogens with zero attached hydrogens (tertiary/aromatic N) is 3. The van der Waals surface area contributed by atoms with Crippen LogP contribution in [0, 0.1) is 11.8 Å². The number of aromatic nitrogens is 1. The fourth-order valence-corrected chi connectivity index (χ4v) is 5.80. The van der Waals surface area contributed by atoms with E-state index < -0.39 is 22.7 Å². The molecule has 0 saturated carbocycles. The van der Waals surface area contributed by atoms with Gasteiger partial charge in [-0.2, -0.15) is 13.2 Å². The van der Waals surface area contributed by atoms with E-state index in [1.54, 1.807) is 36.1 Å². The van der Waals surface area contributed by atoms with Crippen molar-refractivity contribution in [3.8, 4) is 17.6 Å². The third-order valence-corrected chi connectivity index (χ3v) is 8.93. The maximum Gasteiger partial charge on any atom is 0.406 e. The highest BCUT2D eigenvalue weighted by Gasteiger charge is 2.30. The number of benzene rings is 2. The number of sulfonamides is 1. The molecule has 1 aromatic heterocycles. The molecular formula is C29H34F3N5O4S. The Bertz CT molecular complexity index is 1620. The Morgan fingerprint density at radius 2 is 1.83 bits per heavy atom. The van der Waals surface area contributed by atoms with E-state index in [2.05, 4.69) is 22.5 Å². The second kappa shape index (κ2) is 12.5. The fourth-order valence-electron chi connectivity index (χ4n) is 4.89. The molecule has 4 rings (SSSR count). The molecule has 0 spiro atoms. The summed E-state index contributed by atoms with van der Waals surface area (Å²) in [6.45, 7) is 1.68. The van der Waals surface area contributed by atoms with Gasteiger partial charge in [-0.3, -0.25) is 4.79 Å². The van der Waals surface area contributed by atoms with E-state index in [1.807, 2.05) is 6.07 Å². The van der Waals surface area contributed by atoms with E-state index in [9.17, 15) is 26.4 Å². The van der Waals surface area contributed by atoms with Crippen LogP contribution in [-0.2, 0) is 21.4 Å². The second-order valence-corrected chi connectivity index (χ2v) is 12.4. The van der Waals surface area contributed by atoms with E-state index in [0.717, 1.165) is 21.7 Å². The van der Waals surface area contributed by atoms with Gasteiger partial charge in [0.1, 0.15) is 12.3 Å². The lowest BCUT2D eigenvalue weighted by Crippen LogP contribution is -2.41. The second-order valence-electron chi connectivity index (χ2n) is 10.2. The quantitative estimate of drug-likeness (QED) is 0.371. The Balaban J connectivity index is 1.57. The number of rotatable bonds is 8. The highest BCUT2D eigenvalue weighted by molar-refractivity contribution is 7.89. The molecule has 9 nitrogen and oxygen atoms in total. The zero-order chi connectivity index (χ0) is 30.7. The largest absolute Gasteiger partial charge is 0.495 e. The van der Waals surface area contributed by atoms with Crippen molar-refractivity contribution in [3.63, 3.8) is 0 Å². The molecule has 1 aliphatic heterocycles. The summed E-state index contributed by atoms with van der Waals surface area (Å²) in [6.07, 6.45) is -2.97. The minimum absolute atomic E-state index is 0.0326. The minimum atomic E-state index is -4.45. The van der Waals surface area contributed by atoms with Gasteiger partial charge in [0.05, 0.1) is 35.4 Å². The van der Waals surface area contributed by atoms with Crippen molar-refractivity contribution in [1.29, 1.82) is 0 Å². The van der Waals surface area contributed by atoms with Crippen molar-refractivity contribution in [2.24, 2.45) is 0 Å². The Labute approximate surface area is 243 Å². The SMILES string of the molecule is COc1cc(S(=O)(=O)N(C)C)ccc1NCC#Cc1cc2c(NC3CCN(C(C)=O)CC3)cccc2n1CC(F)(F)F. The number of carbonyl (C=O) groups is 1. The molecule has 2 N–H and O–H groups in total. The summed E-state index contributed by atoms with van der Waals surface area (Å²) in [5.74, 6) is 6.07. The number of ether oxygens (including phenoxy) is 1. The number of hydrogen-bond acceptors (Lipinski definition) is 6. The standard InChI is InChI=1S/C29H34F3N5O4S/c1-20(38)36-15-12-21(13-16-36)34-25-8-5-9-27-24(25)17-22(37(27)19-29(30,31)32)7-6-14-33-26-11-10-23(18-28(26)41-4)42(39,40)35(2)3/h5,8-11,17-18,21,33-34H,12-16,19H2,1-4H3. The molecule has 1 aliphatic rings. The first-order valence-corrected chi connectivity index (χ1v) is 14.8. The smallest absolute Gasteiger partial charge is 0.406 e. The van der Waals surface area contributed by atoms with Gasteiger partial charge in [-0.1, -0.05) is 12.0 Å². The summed E-state index contributed by atoms with van der Waals surface area (Å²) in [7, 11) is 0.612. The maximum atomic E-state index is 13.6. The Kier molecular flexibility index (Phi) is 9.27. The topological polar surface area (TPSA) is 95.9 Å². The number of amides is 1. The van der Waals surface area contributed by atoms with E-state index in [4.69, 9.17) is 4.74 Å². The lowest BCUT2D eigenvalue weighted by Gasteiger charge is -2.32. The van der Waals surface area contributed by atoms with Crippen LogP contribution in [-0.4, -0.2) is 81.2 Å². The van der Waals surface area contributed by atoms with Crippen LogP contribution in [0.5, 0.6) is 5.75 Å². The molecule has 0 bridgehead atoms. The van der Waals surface area contributed by atoms with E-state index in [1.165, 1.54) is 33.3 Å². The highest BCUT2D eigenvalue weighted by atomic mass is 32.2. The molecule has 226 valence electrons. The number of likely N-dealkylation sites (tertiary alicyclic amines) is 1. The number of methoxy groups -OCH3 is 1. The zero-order valence-electron chi connectivity index (χ0n) is 23.9. The van der Waals surface area contributed by atoms with Crippen molar-refractivity contribution in [2.75, 3.05) is 51.5 Å². The van der Waals surface area contributed by atoms with Gasteiger partial charge in [0.15, 0.2) is 0 Å². The van der Waals surface area contributed by atoms with Gasteiger partial charge in [-0.25, -0.2) is 12.7 Å². The summed E-state index contributed by atoms with van der Waals surface area (Å²) >= 11 is 0. The van der Waals surface area contributed by atoms with Crippen LogP contribution in [0.15, 0.2) is 47.4 Å². The molecule has 1 fully saturated rings. The lowest BCUT2D eigenvalue weighted by molar-refractivity contribution is -0.140. The van der Waals surface area contributed by atoms with Gasteiger partial charge in [0.2, 0.25) is 15.9 Å². The molecule has 1 amide bonds. The minimum Gasteiger partial charge on any atom is -0.495 e. The maximum absolute atomic E-state index is 13.6. The van der Waals surface area contributed by atoms with Gasteiger partial charge in [-0.05, 0) is 49.1 Å². The summed E-state index contributed by atoms with van der Waals surface area (Å²) in [4.78, 5) is 13.5. The molecular weight excluding hydrogens is 571 g/mol. The summed E-state index contributed by atoms with van der Waals surface area (Å²) in [6, 6.07) is 11.3. The molecule has 0 aliphatic carbocycles. The number of hydrogen-bond donors (Lipinski definition) is 2. The molecule has 2 heterocycles. The zero-order valence-corrected chi connectivity index (χ0v) is 24.7. The molecule has 0 radical (unpaired) electrons. The number of alkyl halides is 3. The molecule has 2 aromatic carbocycles. The first-order valence-electron chi connectivity index (χ1n) is 13.3. The van der Waals surface area contributed by atoms with Crippen LogP contribution < -0.4 is 15.4 Å². The van der Waals surface area contributed by atoms with Crippen molar-refractivity contribution >= 4 is 38.2 Å². The number of nitrogens with one attached hydrogen (secondary N) is 2. The van der Waals surface area contributed by atoms with Crippen molar-refractivity contribution in [1.82, 2.24) is 13.8 Å². The molecule has 13 heteroatoms. The van der Waals surface area contributed by atoms with Crippen LogP contribution in [0.1, 0.15) is 25.5 Å². The average Bonchev–Trinajstić information content (AvgIpc) is 3.27. The van der Waals surface area contributed by atoms with Crippen LogP contribution in [0.4, 0.5) is 24.5 Å². The van der Waals surface area contributed by atoms with Crippen LogP contribution in [0.25, 0.3) is 10.9 Å². The molecule has 42 heavy (non-hydrogen) atoms. The van der Waals surface area contributed by atoms with Crippen LogP contribution in [0.2, 0.25) is 0 Å². The van der Waals surface area contributed by atoms with Crippen molar-refractivity contribution < 1.29 is 31.1 Å². The summed E-state index contributed by atoms with van der Waals surface area (Å²) < 4.78 is 73.2. The molecule has 0 unspecified atom stereocenters. The van der Waals surface area contributed by atoms with Crippen LogP contribution in [0.3, 0.4) is 0 Å². The molecule has 3 aromatic rings. The lowest BCUT2D eigenvalue weighted by atomic mass is 10.0. The van der Waals surface area contributed by atoms with E-state index in [-0.39, 0.29) is 34.8 Å². The molecule has 1 saturated heterocycles. The summed E-state index contributed by atoms with van der Waals surface area (Å²) in [5.41, 5.74) is 1.83. The van der Waals surface area contributed by atoms with Crippen molar-refractivity contribution in [2.45, 2.75) is 43.4 Å². The monoisotopic (exact) mass is 605 g/mol. The average molecular weight is 606 g/mol. The highest BCUT2D eigenvalue weighted by Crippen LogP contribution is 2.32. The van der Waals surface area contributed by atoms with Gasteiger partial charge in [-0.15, -0.1) is 0 Å². The third kappa shape index (κ3) is 7.11. The fraction of sp³-hybridized carbons (Fsp3) is 0.414. The summed E-state index contributed by atoms with van der Waals surface area (Å²) in [5, 5.41) is 7.13. The Hall–Kier alpha value is -3.89. The number of carbonyl (C=O) groups excluding carboxylic acids is 1. The van der Waals surface area contributed by atoms with Gasteiger partial charge >= 0.3 is 6.18 Å². The van der Waals surface area contributed by atoms with Gasteiger partial charge < -0.3 is 24.8 Å². The number of piperidine rings is 1. The number of halogens is 3. The van der Waals surface area contributed by atoms with E-state index in [0.29, 0.717) is 35.4 Å². The third-order valence-electron chi connectivity index (χ3n) is 7.12. The van der Waals surface area contributed by atoms with Crippen LogP contribution >= 0.6 is 0 Å². The number of anilines is 2. The normalized spacial score (nSPS) is 14.5. The first kappa shape index (κ1) is 31.1. The Morgan fingerprint density at radius 1 is 1.12 bits per heavy atom. The van der Waals surface area contributed by atoms with Gasteiger partial charge in [0.25, 0.3) is 0 Å². The van der Waals surface area contributed by atoms with Gasteiger partial charge in [0, 0.05) is 57.3 Å². The number of fused-ring (bicyclic) bond motifs is 1. The Morgan fingerprint density at radius 3 is 2.45 bits per heavy atom. The predicted molar refractivity (Wildman–Crippen MR) is 156 cm³/mol. The molecule has 0 atom stereocenters. The predicted octanol–water partition coefficient (Wildman–Crippen LogP) is 4.35. The van der Waals surface area contributed by atoms with E-state index >= 15 is 0 Å². The first-order chi connectivity index (χ1) is 19.8. The van der Waals surface area contributed by atoms with Crippen molar-refractivity contribution in [3.05, 3.63) is 48.2 Å².